The summed E-state index contributed by atoms with van der Waals surface area (Å²) in [7, 11) is 0. The van der Waals surface area contributed by atoms with Gasteiger partial charge in [0.2, 0.25) is 5.91 Å². The van der Waals surface area contributed by atoms with E-state index in [0.29, 0.717) is 5.69 Å². The first kappa shape index (κ1) is 31.1. The van der Waals surface area contributed by atoms with Crippen LogP contribution in [0.5, 0.6) is 0 Å². The average molecular weight is 604 g/mol. The number of amides is 3. The molecular formula is C33H28F3N3O3S. The van der Waals surface area contributed by atoms with E-state index < -0.39 is 23.6 Å². The lowest BCUT2D eigenvalue weighted by Crippen LogP contribution is -2.30. The highest BCUT2D eigenvalue weighted by atomic mass is 32.2. The third kappa shape index (κ3) is 9.08. The molecule has 0 bridgehead atoms. The lowest BCUT2D eigenvalue weighted by Gasteiger charge is -2.14. The van der Waals surface area contributed by atoms with Crippen LogP contribution in [0.1, 0.15) is 32.6 Å². The lowest BCUT2D eigenvalue weighted by atomic mass is 10.1. The summed E-state index contributed by atoms with van der Waals surface area (Å²) in [6.07, 6.45) is -3.67. The van der Waals surface area contributed by atoms with E-state index >= 15 is 0 Å². The van der Waals surface area contributed by atoms with Crippen molar-refractivity contribution in [3.05, 3.63) is 131 Å². The first-order chi connectivity index (χ1) is 20.5. The second kappa shape index (κ2) is 13.9. The molecule has 0 aliphatic carbocycles. The number of carbonyl (C=O) groups excluding carboxylic acids is 3. The Bertz CT molecular complexity index is 1630. The largest absolute Gasteiger partial charge is 0.416 e. The molecule has 0 radical (unpaired) electrons. The van der Waals surface area contributed by atoms with Crippen molar-refractivity contribution in [2.45, 2.75) is 24.9 Å². The highest BCUT2D eigenvalue weighted by molar-refractivity contribution is 8.00. The Balaban J connectivity index is 1.47. The summed E-state index contributed by atoms with van der Waals surface area (Å²) in [5.41, 5.74) is 1.79. The molecule has 0 aliphatic rings. The standard InChI is InChI=1S/C33H28F3N3O3S/c1-21-16-22(2)18-26(17-21)37-30(40)20-43-27-14-12-25(13-15-27)38-32(42)29(39-31(41)23-8-4-3-5-9-23)19-24-10-6-7-11-28(24)33(34,35)36/h3-19H,20H2,1-2H3,(H,37,40)(H,38,42)(H,39,41). The summed E-state index contributed by atoms with van der Waals surface area (Å²) in [4.78, 5) is 39.2. The van der Waals surface area contributed by atoms with Crippen LogP contribution in [-0.4, -0.2) is 23.5 Å². The fourth-order valence-corrected chi connectivity index (χ4v) is 4.90. The zero-order chi connectivity index (χ0) is 31.0. The van der Waals surface area contributed by atoms with Gasteiger partial charge in [-0.1, -0.05) is 42.5 Å². The molecule has 0 fully saturated rings. The molecule has 0 atom stereocenters. The number of thioether (sulfide) groups is 1. The third-order valence-corrected chi connectivity index (χ3v) is 7.09. The van der Waals surface area contributed by atoms with E-state index in [0.717, 1.165) is 33.9 Å². The Morgan fingerprint density at radius 1 is 0.767 bits per heavy atom. The summed E-state index contributed by atoms with van der Waals surface area (Å²) in [5.74, 6) is -1.47. The number of nitrogens with one attached hydrogen (secondary N) is 3. The monoisotopic (exact) mass is 603 g/mol. The molecule has 3 amide bonds. The fourth-order valence-electron chi connectivity index (χ4n) is 4.20. The van der Waals surface area contributed by atoms with Gasteiger partial charge in [-0.3, -0.25) is 14.4 Å². The van der Waals surface area contributed by atoms with Gasteiger partial charge < -0.3 is 16.0 Å². The van der Waals surface area contributed by atoms with Crippen molar-refractivity contribution in [1.29, 1.82) is 0 Å². The van der Waals surface area contributed by atoms with Gasteiger partial charge in [0.05, 0.1) is 11.3 Å². The topological polar surface area (TPSA) is 87.3 Å². The molecule has 10 heteroatoms. The molecule has 4 aromatic rings. The van der Waals surface area contributed by atoms with E-state index in [1.165, 1.54) is 42.1 Å². The van der Waals surface area contributed by atoms with Gasteiger partial charge in [0.15, 0.2) is 0 Å². The zero-order valence-corrected chi connectivity index (χ0v) is 24.1. The highest BCUT2D eigenvalue weighted by Crippen LogP contribution is 2.33. The Kier molecular flexibility index (Phi) is 10.0. The second-order valence-electron chi connectivity index (χ2n) is 9.65. The predicted molar refractivity (Wildman–Crippen MR) is 164 cm³/mol. The molecule has 43 heavy (non-hydrogen) atoms. The van der Waals surface area contributed by atoms with Gasteiger partial charge in [0, 0.05) is 21.8 Å². The van der Waals surface area contributed by atoms with Crippen molar-refractivity contribution in [3.8, 4) is 0 Å². The molecule has 0 heterocycles. The number of halogens is 3. The van der Waals surface area contributed by atoms with Crippen LogP contribution in [0.25, 0.3) is 6.08 Å². The van der Waals surface area contributed by atoms with E-state index in [4.69, 9.17) is 0 Å². The molecule has 0 aliphatic heterocycles. The predicted octanol–water partition coefficient (Wildman–Crippen LogP) is 7.46. The SMILES string of the molecule is Cc1cc(C)cc(NC(=O)CSc2ccc(NC(=O)C(=Cc3ccccc3C(F)(F)F)NC(=O)c3ccccc3)cc2)c1. The van der Waals surface area contributed by atoms with Crippen molar-refractivity contribution in [2.24, 2.45) is 0 Å². The van der Waals surface area contributed by atoms with Crippen LogP contribution in [0.4, 0.5) is 24.5 Å². The maximum absolute atomic E-state index is 13.6. The number of aryl methyl sites for hydroxylation is 2. The minimum Gasteiger partial charge on any atom is -0.325 e. The lowest BCUT2D eigenvalue weighted by molar-refractivity contribution is -0.137. The molecule has 4 aromatic carbocycles. The fraction of sp³-hybridized carbons (Fsp3) is 0.121. The van der Waals surface area contributed by atoms with Gasteiger partial charge in [-0.15, -0.1) is 11.8 Å². The second-order valence-corrected chi connectivity index (χ2v) is 10.7. The molecule has 3 N–H and O–H groups in total. The molecule has 4 rings (SSSR count). The van der Waals surface area contributed by atoms with Crippen molar-refractivity contribution in [1.82, 2.24) is 5.32 Å². The van der Waals surface area contributed by atoms with Gasteiger partial charge in [-0.25, -0.2) is 0 Å². The maximum atomic E-state index is 13.6. The summed E-state index contributed by atoms with van der Waals surface area (Å²) in [5, 5.41) is 7.94. The number of rotatable bonds is 9. The number of hydrogen-bond donors (Lipinski definition) is 3. The Morgan fingerprint density at radius 2 is 1.40 bits per heavy atom. The van der Waals surface area contributed by atoms with Gasteiger partial charge in [-0.2, -0.15) is 13.2 Å². The molecule has 220 valence electrons. The molecule has 0 unspecified atom stereocenters. The quantitative estimate of drug-likeness (QED) is 0.137. The highest BCUT2D eigenvalue weighted by Gasteiger charge is 2.32. The molecule has 0 spiro atoms. The Hall–Kier alpha value is -4.83. The van der Waals surface area contributed by atoms with Crippen LogP contribution in [0.15, 0.2) is 108 Å². The average Bonchev–Trinajstić information content (AvgIpc) is 2.96. The van der Waals surface area contributed by atoms with Crippen molar-refractivity contribution < 1.29 is 27.6 Å². The Morgan fingerprint density at radius 3 is 2.05 bits per heavy atom. The molecular weight excluding hydrogens is 575 g/mol. The van der Waals surface area contributed by atoms with Crippen LogP contribution in [0.2, 0.25) is 0 Å². The third-order valence-electron chi connectivity index (χ3n) is 6.08. The van der Waals surface area contributed by atoms with Gasteiger partial charge in [0.1, 0.15) is 5.70 Å². The first-order valence-electron chi connectivity index (χ1n) is 13.1. The first-order valence-corrected chi connectivity index (χ1v) is 14.1. The zero-order valence-electron chi connectivity index (χ0n) is 23.3. The van der Waals surface area contributed by atoms with E-state index in [1.807, 2.05) is 32.0 Å². The number of benzene rings is 4. The van der Waals surface area contributed by atoms with Crippen LogP contribution in [0, 0.1) is 13.8 Å². The van der Waals surface area contributed by atoms with Crippen molar-refractivity contribution in [3.63, 3.8) is 0 Å². The maximum Gasteiger partial charge on any atom is 0.416 e. The molecule has 0 saturated heterocycles. The summed E-state index contributed by atoms with van der Waals surface area (Å²) in [6.45, 7) is 3.91. The minimum atomic E-state index is -4.67. The van der Waals surface area contributed by atoms with Crippen LogP contribution in [-0.2, 0) is 15.8 Å². The van der Waals surface area contributed by atoms with Crippen LogP contribution in [0.3, 0.4) is 0 Å². The summed E-state index contributed by atoms with van der Waals surface area (Å²) >= 11 is 1.30. The van der Waals surface area contributed by atoms with E-state index in [-0.39, 0.29) is 28.5 Å². The molecule has 0 saturated carbocycles. The Labute approximate surface area is 251 Å². The van der Waals surface area contributed by atoms with E-state index in [9.17, 15) is 27.6 Å². The normalized spacial score (nSPS) is 11.5. The van der Waals surface area contributed by atoms with Crippen molar-refractivity contribution >= 4 is 46.9 Å². The summed E-state index contributed by atoms with van der Waals surface area (Å²) < 4.78 is 40.9. The van der Waals surface area contributed by atoms with Crippen molar-refractivity contribution in [2.75, 3.05) is 16.4 Å². The van der Waals surface area contributed by atoms with Crippen LogP contribution < -0.4 is 16.0 Å². The number of carbonyl (C=O) groups is 3. The molecule has 0 aromatic heterocycles. The number of anilines is 2. The van der Waals surface area contributed by atoms with Gasteiger partial charge in [-0.05, 0) is 91.2 Å². The number of hydrogen-bond acceptors (Lipinski definition) is 4. The van der Waals surface area contributed by atoms with E-state index in [1.54, 1.807) is 42.5 Å². The smallest absolute Gasteiger partial charge is 0.325 e. The minimum absolute atomic E-state index is 0.162. The van der Waals surface area contributed by atoms with Crippen LogP contribution >= 0.6 is 11.8 Å². The van der Waals surface area contributed by atoms with E-state index in [2.05, 4.69) is 16.0 Å². The number of alkyl halides is 3. The molecule has 6 nitrogen and oxygen atoms in total. The van der Waals surface area contributed by atoms with Gasteiger partial charge >= 0.3 is 6.18 Å². The summed E-state index contributed by atoms with van der Waals surface area (Å²) in [6, 6.07) is 25.2. The van der Waals surface area contributed by atoms with Gasteiger partial charge in [0.25, 0.3) is 11.8 Å².